The Balaban J connectivity index is 1.10. The fraction of sp³-hybridized carbons (Fsp3) is 0.429. The van der Waals surface area contributed by atoms with Gasteiger partial charge in [0.2, 0.25) is 82.7 Å². The number of amides is 16. The first kappa shape index (κ1) is 91.3. The lowest BCUT2D eigenvalue weighted by atomic mass is 9.99. The second-order valence-corrected chi connectivity index (χ2v) is 30.7. The van der Waals surface area contributed by atoms with Crippen LogP contribution in [0.2, 0.25) is 5.02 Å². The average molecular weight is 1650 g/mol. The number of benzene rings is 5. The Kier molecular flexibility index (Phi) is 34.6. The van der Waals surface area contributed by atoms with Crippen molar-refractivity contribution in [2.75, 3.05) is 25.0 Å². The number of anilines is 1. The summed E-state index contributed by atoms with van der Waals surface area (Å²) in [7, 11) is 0. The van der Waals surface area contributed by atoms with E-state index < -0.39 is 162 Å². The fourth-order valence-electron chi connectivity index (χ4n) is 13.5. The van der Waals surface area contributed by atoms with E-state index >= 15 is 24.0 Å². The maximum Gasteiger partial charge on any atom is 0.322 e. The van der Waals surface area contributed by atoms with Crippen LogP contribution in [0.25, 0.3) is 10.8 Å². The molecule has 8 rings (SSSR count). The number of likely N-dealkylation sites (tertiary alicyclic amines) is 1. The highest BCUT2D eigenvalue weighted by Gasteiger charge is 2.41. The predicted molar refractivity (Wildman–Crippen MR) is 438 cm³/mol. The zero-order valence-electron chi connectivity index (χ0n) is 67.0. The van der Waals surface area contributed by atoms with Crippen LogP contribution in [0.5, 0.6) is 0 Å². The van der Waals surface area contributed by atoms with E-state index in [0.29, 0.717) is 64.2 Å². The van der Waals surface area contributed by atoms with E-state index in [1.807, 2.05) is 56.3 Å². The van der Waals surface area contributed by atoms with E-state index in [4.69, 9.17) is 17.3 Å². The number of nitrogens with zero attached hydrogens (tertiary/aromatic N) is 2. The van der Waals surface area contributed by atoms with Gasteiger partial charge >= 0.3 is 6.03 Å². The number of carbonyl (C=O) groups is 15. The fourth-order valence-corrected chi connectivity index (χ4v) is 13.7. The molecule has 0 saturated carbocycles. The quantitative estimate of drug-likeness (QED) is 0.0242. The molecule has 17 N–H and O–H groups in total. The number of aliphatic hydroxyl groups excluding tert-OH is 1. The summed E-state index contributed by atoms with van der Waals surface area (Å²) >= 11 is 6.27. The largest absolute Gasteiger partial charge is 0.394 e. The maximum atomic E-state index is 15.5. The van der Waals surface area contributed by atoms with Crippen molar-refractivity contribution in [2.45, 2.75) is 205 Å². The molecule has 630 valence electrons. The van der Waals surface area contributed by atoms with Crippen molar-refractivity contribution in [3.63, 3.8) is 0 Å². The third-order valence-electron chi connectivity index (χ3n) is 19.8. The Hall–Kier alpha value is -12.2. The zero-order valence-corrected chi connectivity index (χ0v) is 67.8. The lowest BCUT2D eigenvalue weighted by Crippen LogP contribution is -2.62. The summed E-state index contributed by atoms with van der Waals surface area (Å²) in [6.45, 7) is 11.3. The summed E-state index contributed by atoms with van der Waals surface area (Å²) in [4.78, 5) is 214. The highest BCUT2D eigenvalue weighted by molar-refractivity contribution is 6.30. The molecule has 118 heavy (non-hydrogen) atoms. The van der Waals surface area contributed by atoms with Crippen LogP contribution in [-0.4, -0.2) is 196 Å². The number of aromatic nitrogens is 1. The average Bonchev–Trinajstić information content (AvgIpc) is 1.46. The molecule has 16 amide bonds. The molecule has 0 radical (unpaired) electrons. The van der Waals surface area contributed by atoms with Gasteiger partial charge in [0.15, 0.2) is 0 Å². The number of halogens is 1. The molecule has 2 saturated heterocycles. The molecule has 2 aliphatic rings. The van der Waals surface area contributed by atoms with Crippen molar-refractivity contribution < 1.29 is 77.0 Å². The molecule has 0 spiro atoms. The van der Waals surface area contributed by atoms with Crippen LogP contribution in [0, 0.1) is 5.92 Å². The number of urea groups is 1. The second kappa shape index (κ2) is 44.8. The van der Waals surface area contributed by atoms with Crippen LogP contribution in [0.3, 0.4) is 0 Å². The standard InChI is InChI=1S/C84H106ClN17O16/c1-47(2)36-63(75(109)93-62(17-10-11-34-88-48(3)4)83(117)102-35-13-18-71(102)82(116)90-49(5)73(86)107)94-77(111)65(38-52-19-21-55(22-20-52)45-89-50(6)104)96-79(113)67(40-54-26-31-61(32-27-54)92-74(108)69-43-72(106)101-84(118)100-69)98-81(115)70(46-103)99-80(114)68(42-57-14-12-33-87-44-57)97-78(112)66(39-53-24-29-60(85)30-25-53)95-76(110)64(91-51(7)105)41-56-23-28-58-15-8-9-16-59(58)37-56/h8-9,12,14-16,19-33,37,44,47-49,62-71,88,103H,10-11,13,17-18,34-36,38-43,45-46H2,1-7H3,(H2,86,107)(H,89,104)(H,90,116)(H,91,105)(H,92,108)(H,93,109)(H,94,111)(H,95,110)(H,96,113)(H,97,112)(H,98,115)(H,99,114)(H2,100,101,106,118)/t49-,62+,63+,64-,65-,66-,67+,68-,69-,70+,71+/m1/s1. The van der Waals surface area contributed by atoms with Crippen molar-refractivity contribution in [3.05, 3.63) is 178 Å². The second-order valence-electron chi connectivity index (χ2n) is 30.3. The van der Waals surface area contributed by atoms with Crippen LogP contribution in [0.1, 0.15) is 127 Å². The predicted octanol–water partition coefficient (Wildman–Crippen LogP) is 1.66. The van der Waals surface area contributed by atoms with Gasteiger partial charge in [-0.05, 0) is 132 Å². The molecule has 0 aliphatic carbocycles. The molecule has 6 aromatic rings. The minimum Gasteiger partial charge on any atom is -0.394 e. The Morgan fingerprint density at radius 2 is 1.04 bits per heavy atom. The lowest BCUT2D eigenvalue weighted by molar-refractivity contribution is -0.142. The number of aliphatic hydroxyl groups is 1. The number of rotatable bonds is 42. The lowest BCUT2D eigenvalue weighted by Gasteiger charge is -2.31. The van der Waals surface area contributed by atoms with Gasteiger partial charge in [0.1, 0.15) is 66.5 Å². The van der Waals surface area contributed by atoms with Gasteiger partial charge in [-0.1, -0.05) is 136 Å². The first-order chi connectivity index (χ1) is 56.3. The number of carbonyl (C=O) groups excluding carboxylic acids is 15. The third-order valence-corrected chi connectivity index (χ3v) is 20.0. The maximum absolute atomic E-state index is 15.5. The van der Waals surface area contributed by atoms with Gasteiger partial charge in [-0.2, -0.15) is 0 Å². The molecule has 2 aliphatic heterocycles. The van der Waals surface area contributed by atoms with Crippen molar-refractivity contribution in [1.29, 1.82) is 0 Å². The smallest absolute Gasteiger partial charge is 0.322 e. The third kappa shape index (κ3) is 28.9. The van der Waals surface area contributed by atoms with Crippen LogP contribution >= 0.6 is 11.6 Å². The normalized spacial score (nSPS) is 16.1. The molecular weight excluding hydrogens is 1540 g/mol. The first-order valence-electron chi connectivity index (χ1n) is 39.4. The number of pyridine rings is 1. The Morgan fingerprint density at radius 3 is 1.58 bits per heavy atom. The first-order valence-corrected chi connectivity index (χ1v) is 39.7. The number of unbranched alkanes of at least 4 members (excludes halogenated alkanes) is 1. The molecule has 11 atom stereocenters. The molecule has 1 aromatic heterocycles. The highest BCUT2D eigenvalue weighted by atomic mass is 35.5. The molecule has 3 heterocycles. The van der Waals surface area contributed by atoms with Crippen molar-refractivity contribution in [2.24, 2.45) is 11.7 Å². The van der Waals surface area contributed by atoms with Crippen LogP contribution in [0.15, 0.2) is 140 Å². The highest BCUT2D eigenvalue weighted by Crippen LogP contribution is 2.23. The number of hydrogen-bond acceptors (Lipinski definition) is 18. The van der Waals surface area contributed by atoms with Crippen molar-refractivity contribution in [1.82, 2.24) is 79.0 Å². The van der Waals surface area contributed by atoms with Crippen molar-refractivity contribution >= 4 is 117 Å². The van der Waals surface area contributed by atoms with Gasteiger partial charge in [0.25, 0.3) is 0 Å². The van der Waals surface area contributed by atoms with Crippen LogP contribution in [-0.2, 0) is 106 Å². The Bertz CT molecular complexity index is 4540. The van der Waals surface area contributed by atoms with Gasteiger partial charge < -0.3 is 84.9 Å². The molecule has 34 heteroatoms. The molecule has 33 nitrogen and oxygen atoms in total. The van der Waals surface area contributed by atoms with Gasteiger partial charge in [-0.25, -0.2) is 4.79 Å². The Labute approximate surface area is 688 Å². The monoisotopic (exact) mass is 1640 g/mol. The summed E-state index contributed by atoms with van der Waals surface area (Å²) in [6, 6.07) is 19.2. The number of primary amides is 1. The minimum atomic E-state index is -1.91. The van der Waals surface area contributed by atoms with Gasteiger partial charge in [0, 0.05) is 88.2 Å². The van der Waals surface area contributed by atoms with E-state index in [1.54, 1.807) is 74.5 Å². The molecule has 0 unspecified atom stereocenters. The van der Waals surface area contributed by atoms with Crippen molar-refractivity contribution in [3.8, 4) is 0 Å². The van der Waals surface area contributed by atoms with E-state index in [1.165, 1.54) is 62.3 Å². The molecule has 5 aromatic carbocycles. The van der Waals surface area contributed by atoms with E-state index in [0.717, 1.165) is 10.8 Å². The van der Waals surface area contributed by atoms with E-state index in [-0.39, 0.29) is 88.0 Å². The van der Waals surface area contributed by atoms with Crippen LogP contribution < -0.4 is 80.2 Å². The summed E-state index contributed by atoms with van der Waals surface area (Å²) in [5.74, 6) is -11.1. The molecular formula is C84H106ClN17O16. The summed E-state index contributed by atoms with van der Waals surface area (Å²) in [5, 5.41) is 50.9. The number of nitrogens with two attached hydrogens (primary N) is 1. The summed E-state index contributed by atoms with van der Waals surface area (Å²) in [6.07, 6.45) is 3.21. The van der Waals surface area contributed by atoms with Crippen LogP contribution in [0.4, 0.5) is 10.5 Å². The topological polar surface area (TPSA) is 487 Å². The molecule has 0 bridgehead atoms. The Morgan fingerprint density at radius 1 is 0.542 bits per heavy atom. The molecule has 2 fully saturated rings. The van der Waals surface area contributed by atoms with Gasteiger partial charge in [-0.3, -0.25) is 77.4 Å². The summed E-state index contributed by atoms with van der Waals surface area (Å²) in [5.41, 5.74) is 8.69. The number of fused-ring (bicyclic) bond motifs is 1. The van der Waals surface area contributed by atoms with E-state index in [9.17, 15) is 53.1 Å². The number of hydrogen-bond donors (Lipinski definition) is 16. The summed E-state index contributed by atoms with van der Waals surface area (Å²) < 4.78 is 0. The van der Waals surface area contributed by atoms with Gasteiger partial charge in [-0.15, -0.1) is 0 Å². The van der Waals surface area contributed by atoms with E-state index in [2.05, 4.69) is 79.4 Å². The SMILES string of the molecule is CC(=O)NCc1ccc(C[C@@H](NC(=O)[C@H](Cc2ccc(NC(=O)[C@H]3CC(=O)NC(=O)N3)cc2)NC(=O)[C@H](CO)NC(=O)[C@@H](Cc2cccnc2)NC(=O)[C@@H](Cc2ccc(Cl)cc2)NC(=O)[C@@H](Cc2ccc3ccccc3c2)NC(C)=O)C(=O)N[C@@H](CC(C)C)C(=O)N[C@@H](CCCCNC(C)C)C(=O)N2CCC[C@H]2C(=O)N[C@H](C)C(N)=O)cc1. The number of nitrogens with one attached hydrogen (secondary N) is 14. The van der Waals surface area contributed by atoms with Gasteiger partial charge in [0.05, 0.1) is 13.0 Å². The zero-order chi connectivity index (χ0) is 85.7. The number of imide groups is 1. The minimum absolute atomic E-state index is 0.00820.